The van der Waals surface area contributed by atoms with E-state index in [0.717, 1.165) is 11.4 Å². The summed E-state index contributed by atoms with van der Waals surface area (Å²) >= 11 is 0. The zero-order valence-electron chi connectivity index (χ0n) is 7.18. The third-order valence-corrected chi connectivity index (χ3v) is 1.72. The summed E-state index contributed by atoms with van der Waals surface area (Å²) in [6, 6.07) is 5.20. The van der Waals surface area contributed by atoms with Gasteiger partial charge in [0, 0.05) is 13.2 Å². The molecule has 0 fully saturated rings. The van der Waals surface area contributed by atoms with Gasteiger partial charge in [-0.3, -0.25) is 9.67 Å². The Morgan fingerprint density at radius 2 is 2.08 bits per heavy atom. The molecule has 2 rings (SSSR count). The van der Waals surface area contributed by atoms with Crippen LogP contribution in [0, 0.1) is 0 Å². The van der Waals surface area contributed by atoms with E-state index in [1.165, 1.54) is 6.20 Å². The Labute approximate surface area is 75.5 Å². The molecule has 66 valence electrons. The molecule has 2 aromatic rings. The Morgan fingerprint density at radius 3 is 2.62 bits per heavy atom. The van der Waals surface area contributed by atoms with Crippen molar-refractivity contribution < 1.29 is 5.11 Å². The van der Waals surface area contributed by atoms with Gasteiger partial charge in [-0.05, 0) is 18.2 Å². The highest BCUT2D eigenvalue weighted by Crippen LogP contribution is 2.15. The van der Waals surface area contributed by atoms with E-state index in [1.807, 2.05) is 19.3 Å². The zero-order valence-corrected chi connectivity index (χ0v) is 7.18. The topological polar surface area (TPSA) is 50.9 Å². The molecule has 0 unspecified atom stereocenters. The molecular formula is C9H9N3O. The summed E-state index contributed by atoms with van der Waals surface area (Å²) in [6.07, 6.45) is 3.26. The zero-order chi connectivity index (χ0) is 9.26. The van der Waals surface area contributed by atoms with Crippen molar-refractivity contribution in [3.8, 4) is 17.1 Å². The van der Waals surface area contributed by atoms with E-state index >= 15 is 0 Å². The van der Waals surface area contributed by atoms with Crippen LogP contribution >= 0.6 is 0 Å². The van der Waals surface area contributed by atoms with E-state index < -0.39 is 0 Å². The fourth-order valence-electron chi connectivity index (χ4n) is 1.09. The number of nitrogens with zero attached hydrogens (tertiary/aromatic N) is 3. The van der Waals surface area contributed by atoms with Gasteiger partial charge in [-0.1, -0.05) is 0 Å². The number of pyridine rings is 1. The molecule has 0 radical (unpaired) electrons. The van der Waals surface area contributed by atoms with Gasteiger partial charge >= 0.3 is 0 Å². The summed E-state index contributed by atoms with van der Waals surface area (Å²) in [7, 11) is 1.85. The average molecular weight is 175 g/mol. The molecule has 1 N–H and O–H groups in total. The van der Waals surface area contributed by atoms with E-state index in [2.05, 4.69) is 10.1 Å². The maximum atomic E-state index is 9.02. The van der Waals surface area contributed by atoms with Gasteiger partial charge in [0.1, 0.15) is 11.4 Å². The lowest BCUT2D eigenvalue weighted by Gasteiger charge is -1.94. The summed E-state index contributed by atoms with van der Waals surface area (Å²) < 4.78 is 1.71. The Bertz CT molecular complexity index is 405. The Balaban J connectivity index is 2.41. The second-order valence-electron chi connectivity index (χ2n) is 2.78. The normalized spacial score (nSPS) is 10.2. The maximum Gasteiger partial charge on any atom is 0.133 e. The van der Waals surface area contributed by atoms with Crippen LogP contribution in [0.15, 0.2) is 30.6 Å². The molecule has 13 heavy (non-hydrogen) atoms. The Morgan fingerprint density at radius 1 is 1.23 bits per heavy atom. The minimum atomic E-state index is 0.166. The molecule has 0 amide bonds. The molecule has 0 aliphatic rings. The lowest BCUT2D eigenvalue weighted by molar-refractivity contribution is 0.473. The number of rotatable bonds is 1. The van der Waals surface area contributed by atoms with Crippen LogP contribution in [0.3, 0.4) is 0 Å². The van der Waals surface area contributed by atoms with Crippen LogP contribution in [0.1, 0.15) is 0 Å². The van der Waals surface area contributed by atoms with Gasteiger partial charge in [-0.25, -0.2) is 0 Å². The second kappa shape index (κ2) is 2.90. The molecule has 0 aromatic carbocycles. The van der Waals surface area contributed by atoms with Crippen molar-refractivity contribution >= 4 is 0 Å². The first-order chi connectivity index (χ1) is 6.25. The molecule has 0 saturated heterocycles. The van der Waals surface area contributed by atoms with E-state index in [9.17, 15) is 0 Å². The molecule has 0 atom stereocenters. The molecule has 4 nitrogen and oxygen atoms in total. The number of aromatic nitrogens is 3. The molecule has 2 aromatic heterocycles. The van der Waals surface area contributed by atoms with Crippen molar-refractivity contribution in [1.82, 2.24) is 14.8 Å². The fourth-order valence-corrected chi connectivity index (χ4v) is 1.09. The van der Waals surface area contributed by atoms with Crippen LogP contribution in [0.4, 0.5) is 0 Å². The van der Waals surface area contributed by atoms with E-state index in [1.54, 1.807) is 16.8 Å². The first-order valence-corrected chi connectivity index (χ1v) is 3.91. The van der Waals surface area contributed by atoms with E-state index in [0.29, 0.717) is 0 Å². The number of aromatic hydroxyl groups is 1. The second-order valence-corrected chi connectivity index (χ2v) is 2.78. The van der Waals surface area contributed by atoms with Gasteiger partial charge in [0.25, 0.3) is 0 Å². The van der Waals surface area contributed by atoms with Crippen LogP contribution in [-0.4, -0.2) is 19.9 Å². The quantitative estimate of drug-likeness (QED) is 0.708. The average Bonchev–Trinajstić information content (AvgIpc) is 2.53. The standard InChI is InChI=1S/C9H9N3O/c1-12-5-4-9(11-12)8-3-2-7(13)6-10-8/h2-6,13H,1H3. The predicted molar refractivity (Wildman–Crippen MR) is 48.1 cm³/mol. The first kappa shape index (κ1) is 7.79. The van der Waals surface area contributed by atoms with Crippen LogP contribution in [0.25, 0.3) is 11.4 Å². The highest BCUT2D eigenvalue weighted by molar-refractivity contribution is 5.53. The highest BCUT2D eigenvalue weighted by atomic mass is 16.3. The Kier molecular flexibility index (Phi) is 1.73. The molecule has 0 spiro atoms. The molecule has 0 aliphatic heterocycles. The summed E-state index contributed by atoms with van der Waals surface area (Å²) in [5.74, 6) is 0.166. The molecule has 2 heterocycles. The van der Waals surface area contributed by atoms with Crippen molar-refractivity contribution in [2.75, 3.05) is 0 Å². The third kappa shape index (κ3) is 1.51. The van der Waals surface area contributed by atoms with Gasteiger partial charge in [-0.2, -0.15) is 5.10 Å². The number of aryl methyl sites for hydroxylation is 1. The van der Waals surface area contributed by atoms with Gasteiger partial charge < -0.3 is 5.11 Å². The van der Waals surface area contributed by atoms with E-state index in [4.69, 9.17) is 5.11 Å². The number of hydrogen-bond acceptors (Lipinski definition) is 3. The van der Waals surface area contributed by atoms with Gasteiger partial charge in [-0.15, -0.1) is 0 Å². The van der Waals surface area contributed by atoms with Gasteiger partial charge in [0.15, 0.2) is 0 Å². The largest absolute Gasteiger partial charge is 0.506 e. The van der Waals surface area contributed by atoms with Gasteiger partial charge in [0.05, 0.1) is 11.9 Å². The summed E-state index contributed by atoms with van der Waals surface area (Å²) in [5.41, 5.74) is 1.57. The molecule has 4 heteroatoms. The summed E-state index contributed by atoms with van der Waals surface area (Å²) in [6.45, 7) is 0. The van der Waals surface area contributed by atoms with Crippen molar-refractivity contribution in [3.63, 3.8) is 0 Å². The molecule has 0 aliphatic carbocycles. The summed E-state index contributed by atoms with van der Waals surface area (Å²) in [5, 5.41) is 13.2. The van der Waals surface area contributed by atoms with Crippen molar-refractivity contribution in [2.24, 2.45) is 7.05 Å². The van der Waals surface area contributed by atoms with Crippen LogP contribution in [-0.2, 0) is 7.05 Å². The SMILES string of the molecule is Cn1ccc(-c2ccc(O)cn2)n1. The fraction of sp³-hybridized carbons (Fsp3) is 0.111. The van der Waals surface area contributed by atoms with E-state index in [-0.39, 0.29) is 5.75 Å². The van der Waals surface area contributed by atoms with Crippen molar-refractivity contribution in [1.29, 1.82) is 0 Å². The first-order valence-electron chi connectivity index (χ1n) is 3.91. The van der Waals surface area contributed by atoms with Crippen LogP contribution < -0.4 is 0 Å². The molecular weight excluding hydrogens is 166 g/mol. The lowest BCUT2D eigenvalue weighted by atomic mass is 10.3. The van der Waals surface area contributed by atoms with Crippen LogP contribution in [0.2, 0.25) is 0 Å². The highest BCUT2D eigenvalue weighted by Gasteiger charge is 2.01. The minimum Gasteiger partial charge on any atom is -0.506 e. The van der Waals surface area contributed by atoms with Crippen molar-refractivity contribution in [3.05, 3.63) is 30.6 Å². The smallest absolute Gasteiger partial charge is 0.133 e. The minimum absolute atomic E-state index is 0.166. The third-order valence-electron chi connectivity index (χ3n) is 1.72. The van der Waals surface area contributed by atoms with Gasteiger partial charge in [0.2, 0.25) is 0 Å². The van der Waals surface area contributed by atoms with Crippen molar-refractivity contribution in [2.45, 2.75) is 0 Å². The molecule has 0 bridgehead atoms. The Hall–Kier alpha value is -1.84. The lowest BCUT2D eigenvalue weighted by Crippen LogP contribution is -1.88. The van der Waals surface area contributed by atoms with Crippen LogP contribution in [0.5, 0.6) is 5.75 Å². The summed E-state index contributed by atoms with van der Waals surface area (Å²) in [4.78, 5) is 4.04. The number of hydrogen-bond donors (Lipinski definition) is 1. The predicted octanol–water partition coefficient (Wildman–Crippen LogP) is 1.19. The molecule has 0 saturated carbocycles. The monoisotopic (exact) mass is 175 g/mol. The maximum absolute atomic E-state index is 9.02.